The van der Waals surface area contributed by atoms with E-state index in [2.05, 4.69) is 15.1 Å². The first-order valence-electron chi connectivity index (χ1n) is 6.41. The lowest BCUT2D eigenvalue weighted by atomic mass is 9.76. The van der Waals surface area contributed by atoms with Crippen molar-refractivity contribution in [2.24, 2.45) is 11.3 Å². The second kappa shape index (κ2) is 5.40. The lowest BCUT2D eigenvalue weighted by Gasteiger charge is -2.27. The average Bonchev–Trinajstić information content (AvgIpc) is 2.87. The standard InChI is InChI=1S/C14H17N3O3/c1-9(2)14(3,13(18)19)8-11-16-12(17-20-11)10-6-4-5-7-15-10/h4-7,9H,8H2,1-3H3,(H,18,19). The first kappa shape index (κ1) is 14.2. The number of carboxylic acids is 1. The van der Waals surface area contributed by atoms with Crippen molar-refractivity contribution in [2.45, 2.75) is 27.2 Å². The van der Waals surface area contributed by atoms with Gasteiger partial charge in [0.25, 0.3) is 0 Å². The predicted octanol–water partition coefficient (Wildman–Crippen LogP) is 2.42. The molecule has 0 saturated carbocycles. The number of aliphatic carboxylic acids is 1. The molecule has 0 aliphatic rings. The Kier molecular flexibility index (Phi) is 3.83. The monoisotopic (exact) mass is 275 g/mol. The van der Waals surface area contributed by atoms with Crippen LogP contribution in [0.1, 0.15) is 26.7 Å². The number of nitrogens with zero attached hydrogens (tertiary/aromatic N) is 3. The quantitative estimate of drug-likeness (QED) is 0.901. The van der Waals surface area contributed by atoms with E-state index in [0.717, 1.165) is 0 Å². The number of rotatable bonds is 5. The summed E-state index contributed by atoms with van der Waals surface area (Å²) in [6, 6.07) is 5.39. The minimum Gasteiger partial charge on any atom is -0.481 e. The van der Waals surface area contributed by atoms with Gasteiger partial charge in [0.15, 0.2) is 0 Å². The molecule has 0 aliphatic carbocycles. The SMILES string of the molecule is CC(C)C(C)(Cc1nc(-c2ccccn2)no1)C(=O)O. The van der Waals surface area contributed by atoms with Crippen molar-refractivity contribution in [3.8, 4) is 11.5 Å². The highest BCUT2D eigenvalue weighted by Crippen LogP contribution is 2.31. The number of aromatic nitrogens is 3. The van der Waals surface area contributed by atoms with E-state index in [0.29, 0.717) is 17.4 Å². The van der Waals surface area contributed by atoms with E-state index in [1.54, 1.807) is 25.3 Å². The van der Waals surface area contributed by atoms with Gasteiger partial charge in [-0.05, 0) is 25.0 Å². The van der Waals surface area contributed by atoms with Crippen LogP contribution < -0.4 is 0 Å². The van der Waals surface area contributed by atoms with Crippen LogP contribution in [0.2, 0.25) is 0 Å². The van der Waals surface area contributed by atoms with Crippen LogP contribution in [0.4, 0.5) is 0 Å². The van der Waals surface area contributed by atoms with Crippen LogP contribution in [0.5, 0.6) is 0 Å². The molecule has 1 unspecified atom stereocenters. The van der Waals surface area contributed by atoms with Crippen molar-refractivity contribution in [1.29, 1.82) is 0 Å². The lowest BCUT2D eigenvalue weighted by Crippen LogP contribution is -2.35. The molecular weight excluding hydrogens is 258 g/mol. The maximum Gasteiger partial charge on any atom is 0.310 e. The minimum absolute atomic E-state index is 0.0507. The summed E-state index contributed by atoms with van der Waals surface area (Å²) in [7, 11) is 0. The van der Waals surface area contributed by atoms with Gasteiger partial charge in [0.05, 0.1) is 5.41 Å². The van der Waals surface area contributed by atoms with Crippen LogP contribution in [0.25, 0.3) is 11.5 Å². The zero-order valence-corrected chi connectivity index (χ0v) is 11.7. The third-order valence-electron chi connectivity index (χ3n) is 3.64. The van der Waals surface area contributed by atoms with Crippen molar-refractivity contribution >= 4 is 5.97 Å². The molecule has 0 aliphatic heterocycles. The Hall–Kier alpha value is -2.24. The summed E-state index contributed by atoms with van der Waals surface area (Å²) in [5, 5.41) is 13.2. The summed E-state index contributed by atoms with van der Waals surface area (Å²) >= 11 is 0. The summed E-state index contributed by atoms with van der Waals surface area (Å²) in [5.74, 6) is -0.239. The number of carboxylic acid groups (broad SMARTS) is 1. The number of carbonyl (C=O) groups is 1. The van der Waals surface area contributed by atoms with E-state index in [1.807, 2.05) is 19.9 Å². The van der Waals surface area contributed by atoms with E-state index >= 15 is 0 Å². The molecule has 6 heteroatoms. The first-order valence-corrected chi connectivity index (χ1v) is 6.41. The highest BCUT2D eigenvalue weighted by molar-refractivity contribution is 5.74. The molecule has 20 heavy (non-hydrogen) atoms. The van der Waals surface area contributed by atoms with Crippen LogP contribution in [0.15, 0.2) is 28.9 Å². The van der Waals surface area contributed by atoms with Crippen LogP contribution >= 0.6 is 0 Å². The van der Waals surface area contributed by atoms with Gasteiger partial charge in [-0.2, -0.15) is 4.98 Å². The molecule has 2 heterocycles. The van der Waals surface area contributed by atoms with Gasteiger partial charge in [-0.3, -0.25) is 9.78 Å². The fourth-order valence-electron chi connectivity index (χ4n) is 1.77. The Morgan fingerprint density at radius 2 is 2.20 bits per heavy atom. The minimum atomic E-state index is -0.937. The van der Waals surface area contributed by atoms with Gasteiger partial charge >= 0.3 is 5.97 Å². The third kappa shape index (κ3) is 2.68. The summed E-state index contributed by atoms with van der Waals surface area (Å²) in [6.45, 7) is 5.42. The van der Waals surface area contributed by atoms with E-state index in [-0.39, 0.29) is 12.3 Å². The molecule has 0 aromatic carbocycles. The molecule has 0 radical (unpaired) electrons. The molecule has 0 saturated heterocycles. The zero-order chi connectivity index (χ0) is 14.8. The van der Waals surface area contributed by atoms with Gasteiger partial charge in [-0.15, -0.1) is 0 Å². The third-order valence-corrected chi connectivity index (χ3v) is 3.64. The molecule has 2 rings (SSSR count). The molecule has 0 amide bonds. The van der Waals surface area contributed by atoms with Crippen molar-refractivity contribution in [3.63, 3.8) is 0 Å². The van der Waals surface area contributed by atoms with E-state index in [9.17, 15) is 9.90 Å². The molecule has 106 valence electrons. The van der Waals surface area contributed by atoms with Gasteiger partial charge in [0.2, 0.25) is 11.7 Å². The van der Waals surface area contributed by atoms with Crippen LogP contribution in [0, 0.1) is 11.3 Å². The Bertz CT molecular complexity index is 595. The highest BCUT2D eigenvalue weighted by atomic mass is 16.5. The maximum absolute atomic E-state index is 11.4. The van der Waals surface area contributed by atoms with Crippen LogP contribution in [-0.2, 0) is 11.2 Å². The van der Waals surface area contributed by atoms with E-state index in [1.165, 1.54) is 0 Å². The van der Waals surface area contributed by atoms with Crippen molar-refractivity contribution in [1.82, 2.24) is 15.1 Å². The van der Waals surface area contributed by atoms with Crippen molar-refractivity contribution in [2.75, 3.05) is 0 Å². The van der Waals surface area contributed by atoms with Crippen LogP contribution in [0.3, 0.4) is 0 Å². The van der Waals surface area contributed by atoms with Gasteiger partial charge in [0.1, 0.15) is 5.69 Å². The number of pyridine rings is 1. The van der Waals surface area contributed by atoms with E-state index < -0.39 is 11.4 Å². The lowest BCUT2D eigenvalue weighted by molar-refractivity contribution is -0.150. The fourth-order valence-corrected chi connectivity index (χ4v) is 1.77. The van der Waals surface area contributed by atoms with Crippen LogP contribution in [-0.4, -0.2) is 26.2 Å². The Morgan fingerprint density at radius 1 is 1.45 bits per heavy atom. The zero-order valence-electron chi connectivity index (χ0n) is 11.7. The molecule has 2 aromatic heterocycles. The maximum atomic E-state index is 11.4. The van der Waals surface area contributed by atoms with Gasteiger partial charge in [-0.25, -0.2) is 0 Å². The summed E-state index contributed by atoms with van der Waals surface area (Å²) < 4.78 is 5.15. The largest absolute Gasteiger partial charge is 0.481 e. The normalized spacial score (nSPS) is 14.2. The van der Waals surface area contributed by atoms with Crippen molar-refractivity contribution < 1.29 is 14.4 Å². The Balaban J connectivity index is 2.24. The number of hydrogen-bond acceptors (Lipinski definition) is 5. The molecule has 0 fully saturated rings. The topological polar surface area (TPSA) is 89.1 Å². The molecule has 1 N–H and O–H groups in total. The molecule has 0 spiro atoms. The summed E-state index contributed by atoms with van der Waals surface area (Å²) in [6.07, 6.45) is 1.83. The second-order valence-corrected chi connectivity index (χ2v) is 5.28. The summed E-state index contributed by atoms with van der Waals surface area (Å²) in [5.41, 5.74) is -0.336. The highest BCUT2D eigenvalue weighted by Gasteiger charge is 2.38. The smallest absolute Gasteiger partial charge is 0.310 e. The van der Waals surface area contributed by atoms with E-state index in [4.69, 9.17) is 4.52 Å². The Morgan fingerprint density at radius 3 is 2.75 bits per heavy atom. The molecule has 6 nitrogen and oxygen atoms in total. The number of hydrogen-bond donors (Lipinski definition) is 1. The second-order valence-electron chi connectivity index (χ2n) is 5.28. The predicted molar refractivity (Wildman–Crippen MR) is 71.8 cm³/mol. The van der Waals surface area contributed by atoms with Gasteiger partial charge < -0.3 is 9.63 Å². The fraction of sp³-hybridized carbons (Fsp3) is 0.429. The molecule has 0 bridgehead atoms. The first-order chi connectivity index (χ1) is 9.43. The molecule has 1 atom stereocenters. The Labute approximate surface area is 116 Å². The van der Waals surface area contributed by atoms with Gasteiger partial charge in [-0.1, -0.05) is 25.1 Å². The molecule has 2 aromatic rings. The van der Waals surface area contributed by atoms with Gasteiger partial charge in [0, 0.05) is 12.6 Å². The average molecular weight is 275 g/mol. The molecular formula is C14H17N3O3. The summed E-state index contributed by atoms with van der Waals surface area (Å²) in [4.78, 5) is 19.8. The van der Waals surface area contributed by atoms with Crippen molar-refractivity contribution in [3.05, 3.63) is 30.3 Å².